The number of hydrogen-bond donors (Lipinski definition) is 0. The summed E-state index contributed by atoms with van der Waals surface area (Å²) in [6.07, 6.45) is 1.82. The molecule has 124 valence electrons. The molecule has 1 aliphatic heterocycles. The van der Waals surface area contributed by atoms with E-state index in [2.05, 4.69) is 15.9 Å². The number of thioether (sulfide) groups is 1. The number of carbonyl (C=O) groups is 1. The number of aryl methyl sites for hydroxylation is 2. The van der Waals surface area contributed by atoms with Crippen molar-refractivity contribution in [2.24, 2.45) is 0 Å². The molecule has 7 heteroatoms. The maximum atomic E-state index is 12.9. The van der Waals surface area contributed by atoms with Crippen molar-refractivity contribution in [1.29, 1.82) is 0 Å². The zero-order chi connectivity index (χ0) is 17.4. The number of amides is 1. The summed E-state index contributed by atoms with van der Waals surface area (Å²) in [6.45, 7) is 3.90. The molecule has 1 fully saturated rings. The summed E-state index contributed by atoms with van der Waals surface area (Å²) in [6, 6.07) is 9.60. The lowest BCUT2D eigenvalue weighted by Gasteiger charge is -2.20. The topological polar surface area (TPSA) is 34.5 Å². The maximum Gasteiger partial charge on any atom is 0.285 e. The number of rotatable bonds is 3. The normalized spacial score (nSPS) is 16.3. The van der Waals surface area contributed by atoms with Gasteiger partial charge in [-0.25, -0.2) is 0 Å². The highest BCUT2D eigenvalue weighted by atomic mass is 79.9. The van der Waals surface area contributed by atoms with Crippen LogP contribution in [0.5, 0.6) is 5.75 Å². The maximum absolute atomic E-state index is 12.9. The van der Waals surface area contributed by atoms with Gasteiger partial charge in [0.2, 0.25) is 0 Å². The molecule has 0 spiro atoms. The molecule has 24 heavy (non-hydrogen) atoms. The average molecular weight is 423 g/mol. The highest BCUT2D eigenvalue weighted by molar-refractivity contribution is 9.10. The Balaban J connectivity index is 2.02. The molecule has 1 aromatic carbocycles. The molecule has 1 aliphatic rings. The van der Waals surface area contributed by atoms with E-state index in [9.17, 15) is 4.79 Å². The third-order valence-corrected chi connectivity index (χ3v) is 5.46. The van der Waals surface area contributed by atoms with E-state index in [4.69, 9.17) is 17.0 Å². The smallest absolute Gasteiger partial charge is 0.285 e. The number of aromatic nitrogens is 1. The number of benzene rings is 1. The van der Waals surface area contributed by atoms with Gasteiger partial charge in [-0.2, -0.15) is 5.01 Å². The Kier molecular flexibility index (Phi) is 4.85. The van der Waals surface area contributed by atoms with Crippen LogP contribution in [0.1, 0.15) is 17.0 Å². The molecule has 0 atom stereocenters. The molecule has 0 saturated carbocycles. The zero-order valence-electron chi connectivity index (χ0n) is 13.4. The summed E-state index contributed by atoms with van der Waals surface area (Å²) < 4.78 is 8.65. The molecular weight excluding hydrogens is 408 g/mol. The van der Waals surface area contributed by atoms with E-state index in [0.717, 1.165) is 21.4 Å². The molecule has 1 saturated heterocycles. The van der Waals surface area contributed by atoms with Crippen LogP contribution in [0.2, 0.25) is 0 Å². The second-order valence-corrected chi connectivity index (χ2v) is 7.90. The van der Waals surface area contributed by atoms with Crippen LogP contribution in [0, 0.1) is 13.8 Å². The van der Waals surface area contributed by atoms with Crippen LogP contribution in [0.15, 0.2) is 39.7 Å². The Morgan fingerprint density at radius 3 is 2.50 bits per heavy atom. The fourth-order valence-corrected chi connectivity index (χ4v) is 4.18. The van der Waals surface area contributed by atoms with Gasteiger partial charge in [0.15, 0.2) is 4.32 Å². The minimum atomic E-state index is -0.130. The van der Waals surface area contributed by atoms with Gasteiger partial charge in [-0.15, -0.1) is 0 Å². The van der Waals surface area contributed by atoms with E-state index < -0.39 is 0 Å². The van der Waals surface area contributed by atoms with Crippen LogP contribution >= 0.6 is 39.9 Å². The Morgan fingerprint density at radius 1 is 1.21 bits per heavy atom. The summed E-state index contributed by atoms with van der Waals surface area (Å²) in [5.74, 6) is 0.575. The number of carbonyl (C=O) groups excluding carboxylic acids is 1. The van der Waals surface area contributed by atoms with Crippen LogP contribution < -0.4 is 9.75 Å². The van der Waals surface area contributed by atoms with Crippen molar-refractivity contribution in [3.8, 4) is 5.75 Å². The third-order valence-electron chi connectivity index (χ3n) is 3.69. The third kappa shape index (κ3) is 3.03. The number of nitrogens with zero attached hydrogens (tertiary/aromatic N) is 2. The van der Waals surface area contributed by atoms with Crippen molar-refractivity contribution < 1.29 is 9.53 Å². The van der Waals surface area contributed by atoms with E-state index in [1.807, 2.05) is 54.9 Å². The van der Waals surface area contributed by atoms with Crippen LogP contribution in [0.4, 0.5) is 0 Å². The molecule has 1 amide bonds. The lowest BCUT2D eigenvalue weighted by molar-refractivity contribution is -0.114. The monoisotopic (exact) mass is 422 g/mol. The highest BCUT2D eigenvalue weighted by Crippen LogP contribution is 2.35. The van der Waals surface area contributed by atoms with Crippen molar-refractivity contribution in [2.75, 3.05) is 12.1 Å². The van der Waals surface area contributed by atoms with E-state index in [-0.39, 0.29) is 5.91 Å². The SMILES string of the molecule is COc1ccc(Br)cc1/C=C1/SC(=S)N(n2c(C)ccc2C)C1=O. The molecule has 2 heterocycles. The summed E-state index contributed by atoms with van der Waals surface area (Å²) in [5, 5.41) is 1.54. The van der Waals surface area contributed by atoms with Crippen molar-refractivity contribution >= 4 is 56.2 Å². The minimum Gasteiger partial charge on any atom is -0.496 e. The molecule has 4 nitrogen and oxygen atoms in total. The van der Waals surface area contributed by atoms with Crippen molar-refractivity contribution in [2.45, 2.75) is 13.8 Å². The lowest BCUT2D eigenvalue weighted by atomic mass is 10.2. The summed E-state index contributed by atoms with van der Waals surface area (Å²) in [7, 11) is 1.61. The van der Waals surface area contributed by atoms with Gasteiger partial charge in [-0.1, -0.05) is 27.7 Å². The van der Waals surface area contributed by atoms with Gasteiger partial charge in [0.1, 0.15) is 5.75 Å². The highest BCUT2D eigenvalue weighted by Gasteiger charge is 2.34. The molecule has 0 radical (unpaired) electrons. The predicted octanol–water partition coefficient (Wildman–Crippen LogP) is 4.41. The van der Waals surface area contributed by atoms with Crippen molar-refractivity contribution in [1.82, 2.24) is 4.68 Å². The molecule has 0 bridgehead atoms. The molecular formula is C17H15BrN2O2S2. The largest absolute Gasteiger partial charge is 0.496 e. The van der Waals surface area contributed by atoms with Gasteiger partial charge in [-0.05, 0) is 62.5 Å². The second-order valence-electron chi connectivity index (χ2n) is 5.31. The first-order valence-corrected chi connectivity index (χ1v) is 9.21. The predicted molar refractivity (Wildman–Crippen MR) is 106 cm³/mol. The Bertz CT molecular complexity index is 854. The van der Waals surface area contributed by atoms with Crippen molar-refractivity contribution in [3.63, 3.8) is 0 Å². The molecule has 0 aliphatic carbocycles. The second kappa shape index (κ2) is 6.74. The molecule has 1 aromatic heterocycles. The van der Waals surface area contributed by atoms with Crippen molar-refractivity contribution in [3.05, 3.63) is 56.7 Å². The number of halogens is 1. The fourth-order valence-electron chi connectivity index (χ4n) is 2.57. The van der Waals surface area contributed by atoms with Crippen LogP contribution in [-0.2, 0) is 4.79 Å². The minimum absolute atomic E-state index is 0.130. The fraction of sp³-hybridized carbons (Fsp3) is 0.176. The Labute approximate surface area is 158 Å². The summed E-state index contributed by atoms with van der Waals surface area (Å²) in [4.78, 5) is 13.5. The van der Waals surface area contributed by atoms with E-state index in [1.54, 1.807) is 12.1 Å². The first kappa shape index (κ1) is 17.3. The van der Waals surface area contributed by atoms with E-state index in [0.29, 0.717) is 15.0 Å². The van der Waals surface area contributed by atoms with Gasteiger partial charge in [0.05, 0.1) is 12.0 Å². The number of ether oxygens (including phenoxy) is 1. The molecule has 2 aromatic rings. The van der Waals surface area contributed by atoms with E-state index in [1.165, 1.54) is 11.8 Å². The summed E-state index contributed by atoms with van der Waals surface area (Å²) >= 11 is 10.2. The first-order chi connectivity index (χ1) is 11.4. The van der Waals surface area contributed by atoms with Crippen LogP contribution in [0.25, 0.3) is 6.08 Å². The number of thiocarbonyl (C=S) groups is 1. The van der Waals surface area contributed by atoms with Gasteiger partial charge in [-0.3, -0.25) is 9.47 Å². The average Bonchev–Trinajstić information content (AvgIpc) is 2.99. The van der Waals surface area contributed by atoms with Crippen LogP contribution in [0.3, 0.4) is 0 Å². The van der Waals surface area contributed by atoms with Gasteiger partial charge < -0.3 is 4.74 Å². The van der Waals surface area contributed by atoms with Crippen LogP contribution in [-0.4, -0.2) is 22.0 Å². The Morgan fingerprint density at radius 2 is 1.88 bits per heavy atom. The summed E-state index contributed by atoms with van der Waals surface area (Å²) in [5.41, 5.74) is 2.75. The number of hydrogen-bond acceptors (Lipinski definition) is 4. The lowest BCUT2D eigenvalue weighted by Crippen LogP contribution is -2.39. The molecule has 0 unspecified atom stereocenters. The molecule has 3 rings (SSSR count). The van der Waals surface area contributed by atoms with Gasteiger partial charge >= 0.3 is 0 Å². The first-order valence-electron chi connectivity index (χ1n) is 7.19. The zero-order valence-corrected chi connectivity index (χ0v) is 16.6. The van der Waals surface area contributed by atoms with E-state index >= 15 is 0 Å². The van der Waals surface area contributed by atoms with Gasteiger partial charge in [0, 0.05) is 21.4 Å². The number of methoxy groups -OCH3 is 1. The van der Waals surface area contributed by atoms with Gasteiger partial charge in [0.25, 0.3) is 5.91 Å². The Hall–Kier alpha value is -1.57. The quantitative estimate of drug-likeness (QED) is 0.541. The molecule has 0 N–H and O–H groups in total. The standard InChI is InChI=1S/C17H15BrN2O2S2/c1-10-4-5-11(2)19(10)20-16(21)15(24-17(20)23)9-12-8-13(18)6-7-14(12)22-3/h4-9H,1-3H3/b15-9+.